The summed E-state index contributed by atoms with van der Waals surface area (Å²) in [6, 6.07) is 7.90. The Morgan fingerprint density at radius 1 is 1.15 bits per heavy atom. The fourth-order valence-corrected chi connectivity index (χ4v) is 3.40. The third-order valence-electron chi connectivity index (χ3n) is 4.08. The second kappa shape index (κ2) is 7.22. The average Bonchev–Trinajstić information content (AvgIpc) is 2.99. The summed E-state index contributed by atoms with van der Waals surface area (Å²) in [4.78, 5) is 12.5. The number of anilines is 1. The molecular formula is C18H17F3N4OS. The molecule has 0 spiro atoms. The van der Waals surface area contributed by atoms with Crippen LogP contribution >= 0.6 is 11.8 Å². The Balaban J connectivity index is 1.81. The molecule has 1 N–H and O–H groups in total. The Hall–Kier alpha value is -2.55. The number of hydrogen-bond acceptors (Lipinski definition) is 4. The number of nitrogens with zero attached hydrogens (tertiary/aromatic N) is 3. The van der Waals surface area contributed by atoms with Crippen molar-refractivity contribution >= 4 is 29.0 Å². The van der Waals surface area contributed by atoms with Gasteiger partial charge in [-0.3, -0.25) is 9.20 Å². The van der Waals surface area contributed by atoms with Crippen LogP contribution < -0.4 is 5.32 Å². The van der Waals surface area contributed by atoms with Crippen molar-refractivity contribution in [3.63, 3.8) is 0 Å². The van der Waals surface area contributed by atoms with E-state index in [2.05, 4.69) is 15.5 Å². The van der Waals surface area contributed by atoms with Gasteiger partial charge in [0.2, 0.25) is 5.91 Å². The predicted octanol–water partition coefficient (Wildman–Crippen LogP) is 4.48. The molecule has 9 heteroatoms. The van der Waals surface area contributed by atoms with E-state index >= 15 is 0 Å². The molecule has 3 rings (SSSR count). The fraction of sp³-hybridized carbons (Fsp3) is 0.278. The molecule has 2 heterocycles. The highest BCUT2D eigenvalue weighted by Gasteiger charge is 2.31. The van der Waals surface area contributed by atoms with Crippen LogP contribution in [0.2, 0.25) is 0 Å². The van der Waals surface area contributed by atoms with Gasteiger partial charge in [-0.05, 0) is 44.0 Å². The average molecular weight is 394 g/mol. The van der Waals surface area contributed by atoms with Gasteiger partial charge in [0.1, 0.15) is 0 Å². The molecule has 0 saturated heterocycles. The van der Waals surface area contributed by atoms with Gasteiger partial charge >= 0.3 is 6.18 Å². The molecule has 27 heavy (non-hydrogen) atoms. The first kappa shape index (κ1) is 19.2. The highest BCUT2D eigenvalue weighted by atomic mass is 32.2. The molecule has 0 aliphatic rings. The molecule has 142 valence electrons. The number of pyridine rings is 1. The van der Waals surface area contributed by atoms with Gasteiger partial charge in [0.15, 0.2) is 10.8 Å². The summed E-state index contributed by atoms with van der Waals surface area (Å²) >= 11 is 1.05. The first-order valence-corrected chi connectivity index (χ1v) is 9.00. The number of aromatic nitrogens is 3. The quantitative estimate of drug-likeness (QED) is 0.663. The molecule has 1 aromatic carbocycles. The maximum atomic E-state index is 12.9. The Kier molecular flexibility index (Phi) is 5.14. The van der Waals surface area contributed by atoms with Gasteiger partial charge in [0.25, 0.3) is 0 Å². The maximum absolute atomic E-state index is 12.9. The van der Waals surface area contributed by atoms with Gasteiger partial charge in [0, 0.05) is 11.9 Å². The summed E-state index contributed by atoms with van der Waals surface area (Å²) in [5.41, 5.74) is 2.09. The summed E-state index contributed by atoms with van der Waals surface area (Å²) in [5.74, 6) is -0.263. The number of carbonyl (C=O) groups excluding carboxylic acids is 1. The standard InChI is InChI=1S/C18H17F3N4OS/c1-10-5-4-6-11(2)15(10)22-16(26)12(3)27-17-24-23-14-8-7-13(9-25(14)17)18(19,20)21/h4-9,12H,1-3H3,(H,22,26). The molecular weight excluding hydrogens is 377 g/mol. The van der Waals surface area contributed by atoms with E-state index in [0.29, 0.717) is 0 Å². The number of carbonyl (C=O) groups is 1. The number of rotatable bonds is 4. The molecule has 2 aromatic heterocycles. The van der Waals surface area contributed by atoms with Crippen molar-refractivity contribution in [1.82, 2.24) is 14.6 Å². The van der Waals surface area contributed by atoms with Crippen LogP contribution in [0.4, 0.5) is 18.9 Å². The SMILES string of the molecule is Cc1cccc(C)c1NC(=O)C(C)Sc1nnc2ccc(C(F)(F)F)cn12. The third kappa shape index (κ3) is 4.08. The summed E-state index contributed by atoms with van der Waals surface area (Å²) in [6.45, 7) is 5.46. The minimum atomic E-state index is -4.47. The number of fused-ring (bicyclic) bond motifs is 1. The number of aryl methyl sites for hydroxylation is 2. The monoisotopic (exact) mass is 394 g/mol. The van der Waals surface area contributed by atoms with E-state index in [1.165, 1.54) is 10.5 Å². The van der Waals surface area contributed by atoms with Crippen LogP contribution in [0.25, 0.3) is 5.65 Å². The van der Waals surface area contributed by atoms with E-state index in [9.17, 15) is 18.0 Å². The van der Waals surface area contributed by atoms with E-state index in [4.69, 9.17) is 0 Å². The third-order valence-corrected chi connectivity index (χ3v) is 5.14. The number of halogens is 3. The Labute approximate surface area is 158 Å². The summed E-state index contributed by atoms with van der Waals surface area (Å²) in [7, 11) is 0. The number of thioether (sulfide) groups is 1. The number of hydrogen-bond donors (Lipinski definition) is 1. The van der Waals surface area contributed by atoms with Gasteiger partial charge in [-0.2, -0.15) is 13.2 Å². The Morgan fingerprint density at radius 3 is 2.44 bits per heavy atom. The highest BCUT2D eigenvalue weighted by molar-refractivity contribution is 8.00. The maximum Gasteiger partial charge on any atom is 0.417 e. The number of para-hydroxylation sites is 1. The molecule has 1 unspecified atom stereocenters. The van der Waals surface area contributed by atoms with E-state index in [1.807, 2.05) is 32.0 Å². The van der Waals surface area contributed by atoms with Gasteiger partial charge < -0.3 is 5.32 Å². The first-order valence-electron chi connectivity index (χ1n) is 8.12. The normalized spacial score (nSPS) is 13.0. The molecule has 0 bridgehead atoms. The number of nitrogens with one attached hydrogen (secondary N) is 1. The lowest BCUT2D eigenvalue weighted by Crippen LogP contribution is -2.23. The molecule has 1 atom stereocenters. The minimum Gasteiger partial charge on any atom is -0.325 e. The van der Waals surface area contributed by atoms with Crippen molar-refractivity contribution in [3.05, 3.63) is 53.2 Å². The van der Waals surface area contributed by atoms with Crippen molar-refractivity contribution in [2.45, 2.75) is 37.4 Å². The summed E-state index contributed by atoms with van der Waals surface area (Å²) in [6.07, 6.45) is -3.53. The topological polar surface area (TPSA) is 59.3 Å². The van der Waals surface area contributed by atoms with Gasteiger partial charge in [0.05, 0.1) is 10.8 Å². The van der Waals surface area contributed by atoms with Crippen LogP contribution in [-0.2, 0) is 11.0 Å². The second-order valence-electron chi connectivity index (χ2n) is 6.14. The number of amides is 1. The minimum absolute atomic E-state index is 0.222. The van der Waals surface area contributed by atoms with Gasteiger partial charge in [-0.1, -0.05) is 30.0 Å². The Bertz CT molecular complexity index is 980. The predicted molar refractivity (Wildman–Crippen MR) is 97.9 cm³/mol. The van der Waals surface area contributed by atoms with Crippen molar-refractivity contribution in [2.75, 3.05) is 5.32 Å². The van der Waals surface area contributed by atoms with Crippen LogP contribution in [0.1, 0.15) is 23.6 Å². The van der Waals surface area contributed by atoms with Gasteiger partial charge in [-0.25, -0.2) is 0 Å². The first-order chi connectivity index (χ1) is 12.7. The van der Waals surface area contributed by atoms with Crippen LogP contribution in [0.15, 0.2) is 41.7 Å². The van der Waals surface area contributed by atoms with Crippen LogP contribution in [0.3, 0.4) is 0 Å². The summed E-state index contributed by atoms with van der Waals surface area (Å²) in [5, 5.41) is 10.3. The van der Waals surface area contributed by atoms with E-state index in [-0.39, 0.29) is 16.7 Å². The van der Waals surface area contributed by atoms with E-state index in [1.54, 1.807) is 6.92 Å². The van der Waals surface area contributed by atoms with E-state index in [0.717, 1.165) is 40.8 Å². The lowest BCUT2D eigenvalue weighted by molar-refractivity contribution is -0.137. The number of alkyl halides is 3. The van der Waals surface area contributed by atoms with Gasteiger partial charge in [-0.15, -0.1) is 10.2 Å². The smallest absolute Gasteiger partial charge is 0.325 e. The van der Waals surface area contributed by atoms with Crippen molar-refractivity contribution in [2.24, 2.45) is 0 Å². The molecule has 1 amide bonds. The molecule has 0 fully saturated rings. The molecule has 0 radical (unpaired) electrons. The van der Waals surface area contributed by atoms with E-state index < -0.39 is 17.0 Å². The fourth-order valence-electron chi connectivity index (χ4n) is 2.57. The molecule has 0 aliphatic heterocycles. The molecule has 5 nitrogen and oxygen atoms in total. The van der Waals surface area contributed by atoms with Crippen LogP contribution in [0.5, 0.6) is 0 Å². The second-order valence-corrected chi connectivity index (χ2v) is 7.45. The zero-order valence-electron chi connectivity index (χ0n) is 14.8. The van der Waals surface area contributed by atoms with Crippen molar-refractivity contribution < 1.29 is 18.0 Å². The Morgan fingerprint density at radius 2 is 1.81 bits per heavy atom. The largest absolute Gasteiger partial charge is 0.417 e. The molecule has 3 aromatic rings. The lowest BCUT2D eigenvalue weighted by Gasteiger charge is -2.15. The van der Waals surface area contributed by atoms with Crippen LogP contribution in [0, 0.1) is 13.8 Å². The number of benzene rings is 1. The molecule has 0 aliphatic carbocycles. The zero-order valence-corrected chi connectivity index (χ0v) is 15.6. The lowest BCUT2D eigenvalue weighted by atomic mass is 10.1. The van der Waals surface area contributed by atoms with Crippen LogP contribution in [-0.4, -0.2) is 25.8 Å². The van der Waals surface area contributed by atoms with Crippen molar-refractivity contribution in [3.8, 4) is 0 Å². The highest BCUT2D eigenvalue weighted by Crippen LogP contribution is 2.31. The summed E-state index contributed by atoms with van der Waals surface area (Å²) < 4.78 is 40.1. The zero-order chi connectivity index (χ0) is 19.8. The molecule has 0 saturated carbocycles. The van der Waals surface area contributed by atoms with Crippen molar-refractivity contribution in [1.29, 1.82) is 0 Å².